The highest BCUT2D eigenvalue weighted by Gasteiger charge is 2.11. The summed E-state index contributed by atoms with van der Waals surface area (Å²) in [6.07, 6.45) is 0. The van der Waals surface area contributed by atoms with E-state index < -0.39 is 5.91 Å². The van der Waals surface area contributed by atoms with Crippen LogP contribution in [-0.4, -0.2) is 26.2 Å². The second-order valence-electron chi connectivity index (χ2n) is 3.48. The topological polar surface area (TPSA) is 73.6 Å². The molecular formula is C12H18N2O3. The Labute approximate surface area is 101 Å². The molecule has 17 heavy (non-hydrogen) atoms. The van der Waals surface area contributed by atoms with Crippen LogP contribution in [0.3, 0.4) is 0 Å². The molecule has 1 rings (SSSR count). The van der Waals surface area contributed by atoms with Gasteiger partial charge in [-0.05, 0) is 12.6 Å². The fourth-order valence-electron chi connectivity index (χ4n) is 1.43. The predicted octanol–water partition coefficient (Wildman–Crippen LogP) is 0.669. The van der Waals surface area contributed by atoms with Gasteiger partial charge in [-0.2, -0.15) is 0 Å². The van der Waals surface area contributed by atoms with Crippen molar-refractivity contribution in [3.63, 3.8) is 0 Å². The highest BCUT2D eigenvalue weighted by Crippen LogP contribution is 2.30. The highest BCUT2D eigenvalue weighted by molar-refractivity contribution is 5.75. The van der Waals surface area contributed by atoms with E-state index in [1.807, 2.05) is 19.1 Å². The number of para-hydroxylation sites is 1. The fourth-order valence-corrected chi connectivity index (χ4v) is 1.43. The number of amides is 1. The van der Waals surface area contributed by atoms with Gasteiger partial charge < -0.3 is 20.5 Å². The summed E-state index contributed by atoms with van der Waals surface area (Å²) in [5, 5.41) is 3.19. The first-order valence-electron chi connectivity index (χ1n) is 5.46. The van der Waals surface area contributed by atoms with Crippen molar-refractivity contribution >= 4 is 5.91 Å². The quantitative estimate of drug-likeness (QED) is 0.732. The standard InChI is InChI=1S/C12H18N2O3/c1-3-14-7-9-5-4-6-10(16-2)12(9)17-8-11(13)15/h4-6,14H,3,7-8H2,1-2H3,(H2,13,15). The number of nitrogens with one attached hydrogen (secondary N) is 1. The van der Waals surface area contributed by atoms with Gasteiger partial charge in [0, 0.05) is 12.1 Å². The predicted molar refractivity (Wildman–Crippen MR) is 65.1 cm³/mol. The molecule has 1 aromatic rings. The second kappa shape index (κ2) is 6.75. The molecule has 3 N–H and O–H groups in total. The Kier molecular flexibility index (Phi) is 5.29. The minimum Gasteiger partial charge on any atom is -0.493 e. The van der Waals surface area contributed by atoms with Crippen LogP contribution in [0.2, 0.25) is 0 Å². The van der Waals surface area contributed by atoms with E-state index in [0.717, 1.165) is 12.1 Å². The van der Waals surface area contributed by atoms with Crippen LogP contribution in [0.4, 0.5) is 0 Å². The fraction of sp³-hybridized carbons (Fsp3) is 0.417. The molecule has 1 aromatic carbocycles. The van der Waals surface area contributed by atoms with Gasteiger partial charge in [0.05, 0.1) is 7.11 Å². The molecule has 0 aliphatic rings. The van der Waals surface area contributed by atoms with Gasteiger partial charge in [0.15, 0.2) is 18.1 Å². The van der Waals surface area contributed by atoms with Gasteiger partial charge in [-0.15, -0.1) is 0 Å². The highest BCUT2D eigenvalue weighted by atomic mass is 16.5. The minimum absolute atomic E-state index is 0.153. The van der Waals surface area contributed by atoms with Gasteiger partial charge in [0.1, 0.15) is 0 Å². The molecule has 1 amide bonds. The second-order valence-corrected chi connectivity index (χ2v) is 3.48. The van der Waals surface area contributed by atoms with Crippen LogP contribution in [0, 0.1) is 0 Å². The summed E-state index contributed by atoms with van der Waals surface area (Å²) in [5.74, 6) is 0.654. The Morgan fingerprint density at radius 3 is 2.82 bits per heavy atom. The first kappa shape index (κ1) is 13.3. The van der Waals surface area contributed by atoms with Crippen LogP contribution in [0.25, 0.3) is 0 Å². The van der Waals surface area contributed by atoms with Crippen LogP contribution >= 0.6 is 0 Å². The van der Waals surface area contributed by atoms with Crippen molar-refractivity contribution in [2.75, 3.05) is 20.3 Å². The number of carbonyl (C=O) groups excluding carboxylic acids is 1. The van der Waals surface area contributed by atoms with E-state index in [4.69, 9.17) is 15.2 Å². The summed E-state index contributed by atoms with van der Waals surface area (Å²) in [6.45, 7) is 3.37. The number of hydrogen-bond donors (Lipinski definition) is 2. The molecule has 0 unspecified atom stereocenters. The van der Waals surface area contributed by atoms with Crippen molar-refractivity contribution < 1.29 is 14.3 Å². The molecule has 0 atom stereocenters. The van der Waals surface area contributed by atoms with Crippen LogP contribution in [0.5, 0.6) is 11.5 Å². The zero-order valence-corrected chi connectivity index (χ0v) is 10.2. The summed E-state index contributed by atoms with van der Waals surface area (Å²) >= 11 is 0. The normalized spacial score (nSPS) is 10.0. The van der Waals surface area contributed by atoms with Gasteiger partial charge in [0.25, 0.3) is 5.91 Å². The number of benzene rings is 1. The van der Waals surface area contributed by atoms with Gasteiger partial charge in [-0.1, -0.05) is 19.1 Å². The third-order valence-electron chi connectivity index (χ3n) is 2.20. The number of hydrogen-bond acceptors (Lipinski definition) is 4. The number of rotatable bonds is 7. The number of ether oxygens (including phenoxy) is 2. The minimum atomic E-state index is -0.509. The third kappa shape index (κ3) is 3.96. The Balaban J connectivity index is 2.89. The molecule has 0 radical (unpaired) electrons. The molecule has 94 valence electrons. The molecule has 0 spiro atoms. The van der Waals surface area contributed by atoms with E-state index >= 15 is 0 Å². The molecule has 5 nitrogen and oxygen atoms in total. The monoisotopic (exact) mass is 238 g/mol. The Bertz CT molecular complexity index is 380. The lowest BCUT2D eigenvalue weighted by atomic mass is 10.2. The molecule has 0 bridgehead atoms. The number of carbonyl (C=O) groups is 1. The first-order valence-corrected chi connectivity index (χ1v) is 5.46. The van der Waals surface area contributed by atoms with Crippen molar-refractivity contribution in [1.82, 2.24) is 5.32 Å². The van der Waals surface area contributed by atoms with E-state index in [9.17, 15) is 4.79 Å². The first-order chi connectivity index (χ1) is 8.19. The van der Waals surface area contributed by atoms with E-state index in [0.29, 0.717) is 18.0 Å². The van der Waals surface area contributed by atoms with Crippen molar-refractivity contribution in [3.8, 4) is 11.5 Å². The Hall–Kier alpha value is -1.75. The van der Waals surface area contributed by atoms with Crippen LogP contribution in [0.15, 0.2) is 18.2 Å². The SMILES string of the molecule is CCNCc1cccc(OC)c1OCC(N)=O. The molecule has 0 saturated carbocycles. The summed E-state index contributed by atoms with van der Waals surface area (Å²) in [6, 6.07) is 5.58. The molecular weight excluding hydrogens is 220 g/mol. The number of nitrogens with two attached hydrogens (primary N) is 1. The van der Waals surface area contributed by atoms with E-state index in [1.165, 1.54) is 0 Å². The van der Waals surface area contributed by atoms with E-state index in [1.54, 1.807) is 13.2 Å². The largest absolute Gasteiger partial charge is 0.493 e. The molecule has 0 heterocycles. The number of methoxy groups -OCH3 is 1. The lowest BCUT2D eigenvalue weighted by molar-refractivity contribution is -0.119. The van der Waals surface area contributed by atoms with Gasteiger partial charge in [0.2, 0.25) is 0 Å². The molecule has 0 saturated heterocycles. The van der Waals surface area contributed by atoms with Gasteiger partial charge >= 0.3 is 0 Å². The summed E-state index contributed by atoms with van der Waals surface area (Å²) < 4.78 is 10.6. The van der Waals surface area contributed by atoms with Crippen molar-refractivity contribution in [2.45, 2.75) is 13.5 Å². The summed E-state index contributed by atoms with van der Waals surface area (Å²) in [7, 11) is 1.56. The third-order valence-corrected chi connectivity index (χ3v) is 2.20. The molecule has 0 aromatic heterocycles. The average Bonchev–Trinajstić information content (AvgIpc) is 2.33. The van der Waals surface area contributed by atoms with Crippen molar-refractivity contribution in [1.29, 1.82) is 0 Å². The summed E-state index contributed by atoms with van der Waals surface area (Å²) in [4.78, 5) is 10.7. The molecule has 0 aliphatic heterocycles. The van der Waals surface area contributed by atoms with Crippen LogP contribution in [0.1, 0.15) is 12.5 Å². The summed E-state index contributed by atoms with van der Waals surface area (Å²) in [5.41, 5.74) is 6.00. The smallest absolute Gasteiger partial charge is 0.255 e. The molecule has 0 fully saturated rings. The maximum Gasteiger partial charge on any atom is 0.255 e. The molecule has 5 heteroatoms. The maximum absolute atomic E-state index is 10.7. The van der Waals surface area contributed by atoms with Crippen molar-refractivity contribution in [2.24, 2.45) is 5.73 Å². The zero-order valence-electron chi connectivity index (χ0n) is 10.2. The van der Waals surface area contributed by atoms with Crippen LogP contribution in [-0.2, 0) is 11.3 Å². The average molecular weight is 238 g/mol. The van der Waals surface area contributed by atoms with E-state index in [2.05, 4.69) is 5.32 Å². The number of primary amides is 1. The Morgan fingerprint density at radius 2 is 2.24 bits per heavy atom. The van der Waals surface area contributed by atoms with Crippen molar-refractivity contribution in [3.05, 3.63) is 23.8 Å². The zero-order chi connectivity index (χ0) is 12.7. The molecule has 0 aliphatic carbocycles. The van der Waals surface area contributed by atoms with Gasteiger partial charge in [-0.3, -0.25) is 4.79 Å². The Morgan fingerprint density at radius 1 is 1.47 bits per heavy atom. The lowest BCUT2D eigenvalue weighted by Gasteiger charge is -2.14. The lowest BCUT2D eigenvalue weighted by Crippen LogP contribution is -2.21. The van der Waals surface area contributed by atoms with E-state index in [-0.39, 0.29) is 6.61 Å². The van der Waals surface area contributed by atoms with Gasteiger partial charge in [-0.25, -0.2) is 0 Å². The maximum atomic E-state index is 10.7. The van der Waals surface area contributed by atoms with Crippen LogP contribution < -0.4 is 20.5 Å².